The molecule has 140 valence electrons. The van der Waals surface area contributed by atoms with Crippen molar-refractivity contribution >= 4 is 28.5 Å². The Bertz CT molecular complexity index is 944. The molecule has 1 atom stereocenters. The van der Waals surface area contributed by atoms with Gasteiger partial charge in [0.2, 0.25) is 0 Å². The average Bonchev–Trinajstić information content (AvgIpc) is 3.05. The first-order valence-corrected chi connectivity index (χ1v) is 8.87. The summed E-state index contributed by atoms with van der Waals surface area (Å²) in [5.41, 5.74) is 2.95. The summed E-state index contributed by atoms with van der Waals surface area (Å²) in [6, 6.07) is 14.9. The molecule has 0 unspecified atom stereocenters. The molecule has 3 aromatic rings. The molecule has 1 N–H and O–H groups in total. The van der Waals surface area contributed by atoms with Crippen LogP contribution in [0, 0.1) is 0 Å². The molecule has 0 aliphatic rings. The van der Waals surface area contributed by atoms with Crippen LogP contribution < -0.4 is 5.32 Å². The lowest BCUT2D eigenvalue weighted by Crippen LogP contribution is -2.30. The summed E-state index contributed by atoms with van der Waals surface area (Å²) in [5.74, 6) is -0.500. The third-order valence-electron chi connectivity index (χ3n) is 4.29. The smallest absolute Gasteiger partial charge is 0.312 e. The zero-order chi connectivity index (χ0) is 19.4. The van der Waals surface area contributed by atoms with Crippen molar-refractivity contribution in [2.75, 3.05) is 5.32 Å². The van der Waals surface area contributed by atoms with E-state index in [1.54, 1.807) is 6.07 Å². The fourth-order valence-corrected chi connectivity index (χ4v) is 2.69. The third kappa shape index (κ3) is 4.53. The first kappa shape index (κ1) is 18.6. The maximum absolute atomic E-state index is 12.3. The quantitative estimate of drug-likeness (QED) is 0.665. The zero-order valence-corrected chi connectivity index (χ0v) is 15.6. The number of hydrogen-bond donors (Lipinski definition) is 1. The van der Waals surface area contributed by atoms with E-state index in [1.165, 1.54) is 12.5 Å². The van der Waals surface area contributed by atoms with E-state index in [-0.39, 0.29) is 12.3 Å². The van der Waals surface area contributed by atoms with Crippen molar-refractivity contribution in [3.63, 3.8) is 0 Å². The van der Waals surface area contributed by atoms with Crippen LogP contribution in [-0.4, -0.2) is 23.1 Å². The molecule has 0 bridgehead atoms. The van der Waals surface area contributed by atoms with Gasteiger partial charge in [-0.05, 0) is 42.7 Å². The van der Waals surface area contributed by atoms with Crippen LogP contribution in [0.15, 0.2) is 53.1 Å². The number of para-hydroxylation sites is 1. The van der Waals surface area contributed by atoms with Crippen molar-refractivity contribution in [1.82, 2.24) is 5.16 Å². The Balaban J connectivity index is 1.56. The number of carbonyl (C=O) groups excluding carboxylic acids is 2. The molecule has 27 heavy (non-hydrogen) atoms. The minimum atomic E-state index is -0.916. The van der Waals surface area contributed by atoms with Crippen LogP contribution >= 0.6 is 0 Å². The Labute approximate surface area is 157 Å². The Hall–Kier alpha value is -3.15. The van der Waals surface area contributed by atoms with Gasteiger partial charge in [0.1, 0.15) is 5.69 Å². The van der Waals surface area contributed by atoms with Crippen molar-refractivity contribution in [3.05, 3.63) is 59.8 Å². The van der Waals surface area contributed by atoms with Crippen molar-refractivity contribution in [2.24, 2.45) is 0 Å². The molecule has 3 rings (SSSR count). The van der Waals surface area contributed by atoms with Crippen LogP contribution in [0.1, 0.15) is 37.9 Å². The van der Waals surface area contributed by atoms with Crippen LogP contribution in [0.4, 0.5) is 5.69 Å². The van der Waals surface area contributed by atoms with E-state index in [9.17, 15) is 9.59 Å². The van der Waals surface area contributed by atoms with E-state index in [1.807, 2.05) is 42.5 Å². The Kier molecular flexibility index (Phi) is 5.54. The van der Waals surface area contributed by atoms with Gasteiger partial charge in [-0.1, -0.05) is 43.3 Å². The summed E-state index contributed by atoms with van der Waals surface area (Å²) in [6.07, 6.45) is -0.974. The zero-order valence-electron chi connectivity index (χ0n) is 15.6. The number of rotatable bonds is 6. The van der Waals surface area contributed by atoms with Gasteiger partial charge < -0.3 is 14.6 Å². The van der Waals surface area contributed by atoms with Crippen LogP contribution in [0.2, 0.25) is 0 Å². The molecule has 1 heterocycles. The Morgan fingerprint density at radius 1 is 1.07 bits per heavy atom. The number of nitrogens with zero attached hydrogens (tertiary/aromatic N) is 1. The second-order valence-corrected chi connectivity index (χ2v) is 6.70. The maximum Gasteiger partial charge on any atom is 0.312 e. The number of hydrogen-bond acceptors (Lipinski definition) is 5. The average molecular weight is 366 g/mol. The van der Waals surface area contributed by atoms with Gasteiger partial charge in [0, 0.05) is 11.1 Å². The number of ether oxygens (including phenoxy) is 1. The molecular weight excluding hydrogens is 344 g/mol. The molecule has 2 aromatic carbocycles. The third-order valence-corrected chi connectivity index (χ3v) is 4.29. The number of fused-ring (bicyclic) bond motifs is 1. The Morgan fingerprint density at radius 2 is 1.78 bits per heavy atom. The number of benzene rings is 2. The van der Waals surface area contributed by atoms with E-state index >= 15 is 0 Å². The lowest BCUT2D eigenvalue weighted by atomic mass is 10.0. The summed E-state index contributed by atoms with van der Waals surface area (Å²) in [7, 11) is 0. The minimum absolute atomic E-state index is 0.0578. The van der Waals surface area contributed by atoms with E-state index in [0.29, 0.717) is 22.9 Å². The standard InChI is InChI=1S/C21H22N2O4/c1-13(2)15-8-10-16(11-9-15)22-21(25)14(3)26-20(24)12-18-17-6-4-5-7-19(17)27-23-18/h4-11,13-14H,12H2,1-3H3,(H,22,25)/t14-/m1/s1. The first-order chi connectivity index (χ1) is 12.9. The number of aromatic nitrogens is 1. The highest BCUT2D eigenvalue weighted by molar-refractivity contribution is 5.95. The van der Waals surface area contributed by atoms with Gasteiger partial charge in [-0.2, -0.15) is 0 Å². The number of anilines is 1. The molecular formula is C21H22N2O4. The summed E-state index contributed by atoms with van der Waals surface area (Å²) >= 11 is 0. The molecule has 0 saturated carbocycles. The Morgan fingerprint density at radius 3 is 2.48 bits per heavy atom. The van der Waals surface area contributed by atoms with Gasteiger partial charge in [-0.3, -0.25) is 9.59 Å². The predicted octanol–water partition coefficient (Wildman–Crippen LogP) is 4.06. The van der Waals surface area contributed by atoms with Gasteiger partial charge in [-0.15, -0.1) is 0 Å². The second-order valence-electron chi connectivity index (χ2n) is 6.70. The summed E-state index contributed by atoms with van der Waals surface area (Å²) in [4.78, 5) is 24.4. The van der Waals surface area contributed by atoms with Gasteiger partial charge >= 0.3 is 5.97 Å². The monoisotopic (exact) mass is 366 g/mol. The van der Waals surface area contributed by atoms with E-state index in [2.05, 4.69) is 24.3 Å². The van der Waals surface area contributed by atoms with Crippen LogP contribution in [-0.2, 0) is 20.7 Å². The SMILES string of the molecule is CC(C)c1ccc(NC(=O)[C@@H](C)OC(=O)Cc2noc3ccccc23)cc1. The molecule has 0 aliphatic heterocycles. The summed E-state index contributed by atoms with van der Waals surface area (Å²) < 4.78 is 10.4. The topological polar surface area (TPSA) is 81.4 Å². The van der Waals surface area contributed by atoms with Crippen molar-refractivity contribution in [2.45, 2.75) is 39.2 Å². The lowest BCUT2D eigenvalue weighted by Gasteiger charge is -2.14. The maximum atomic E-state index is 12.3. The molecule has 0 radical (unpaired) electrons. The molecule has 6 nitrogen and oxygen atoms in total. The molecule has 6 heteroatoms. The number of carbonyl (C=O) groups is 2. The highest BCUT2D eigenvalue weighted by Gasteiger charge is 2.20. The lowest BCUT2D eigenvalue weighted by molar-refractivity contribution is -0.152. The van der Waals surface area contributed by atoms with E-state index in [4.69, 9.17) is 9.26 Å². The second kappa shape index (κ2) is 8.03. The van der Waals surface area contributed by atoms with Gasteiger partial charge in [0.15, 0.2) is 11.7 Å². The number of amides is 1. The fourth-order valence-electron chi connectivity index (χ4n) is 2.69. The molecule has 0 fully saturated rings. The summed E-state index contributed by atoms with van der Waals surface area (Å²) in [6.45, 7) is 5.75. The highest BCUT2D eigenvalue weighted by atomic mass is 16.5. The highest BCUT2D eigenvalue weighted by Crippen LogP contribution is 2.19. The van der Waals surface area contributed by atoms with E-state index in [0.717, 1.165) is 5.39 Å². The number of esters is 1. The van der Waals surface area contributed by atoms with Crippen LogP contribution in [0.5, 0.6) is 0 Å². The normalized spacial score (nSPS) is 12.1. The van der Waals surface area contributed by atoms with Crippen LogP contribution in [0.3, 0.4) is 0 Å². The molecule has 0 spiro atoms. The van der Waals surface area contributed by atoms with Gasteiger partial charge in [0.05, 0.1) is 6.42 Å². The van der Waals surface area contributed by atoms with E-state index < -0.39 is 12.1 Å². The van der Waals surface area contributed by atoms with Crippen molar-refractivity contribution in [1.29, 1.82) is 0 Å². The van der Waals surface area contributed by atoms with Crippen molar-refractivity contribution < 1.29 is 18.8 Å². The molecule has 0 aliphatic carbocycles. The fraction of sp³-hybridized carbons (Fsp3) is 0.286. The molecule has 1 aromatic heterocycles. The van der Waals surface area contributed by atoms with Crippen molar-refractivity contribution in [3.8, 4) is 0 Å². The molecule has 0 saturated heterocycles. The van der Waals surface area contributed by atoms with Gasteiger partial charge in [0.25, 0.3) is 5.91 Å². The van der Waals surface area contributed by atoms with Crippen LogP contribution in [0.25, 0.3) is 11.0 Å². The molecule has 1 amide bonds. The first-order valence-electron chi connectivity index (χ1n) is 8.87. The predicted molar refractivity (Wildman–Crippen MR) is 102 cm³/mol. The summed E-state index contributed by atoms with van der Waals surface area (Å²) in [5, 5.41) is 7.41. The number of nitrogens with one attached hydrogen (secondary N) is 1. The largest absolute Gasteiger partial charge is 0.452 e. The minimum Gasteiger partial charge on any atom is -0.452 e. The van der Waals surface area contributed by atoms with Gasteiger partial charge in [-0.25, -0.2) is 0 Å².